The quantitative estimate of drug-likeness (QED) is 0.831. The lowest BCUT2D eigenvalue weighted by Gasteiger charge is -2.35. The van der Waals surface area contributed by atoms with Gasteiger partial charge in [0, 0.05) is 18.7 Å². The van der Waals surface area contributed by atoms with E-state index in [9.17, 15) is 14.0 Å². The number of amides is 2. The number of aromatic nitrogens is 2. The smallest absolute Gasteiger partial charge is 0.325 e. The van der Waals surface area contributed by atoms with E-state index >= 15 is 0 Å². The summed E-state index contributed by atoms with van der Waals surface area (Å²) >= 11 is 0. The molecule has 0 spiro atoms. The third-order valence-corrected chi connectivity index (χ3v) is 3.96. The van der Waals surface area contributed by atoms with Gasteiger partial charge in [-0.05, 0) is 17.7 Å². The molecule has 126 valence electrons. The van der Waals surface area contributed by atoms with Crippen molar-refractivity contribution < 1.29 is 18.7 Å². The van der Waals surface area contributed by atoms with Gasteiger partial charge >= 0.3 is 12.0 Å². The van der Waals surface area contributed by atoms with Crippen molar-refractivity contribution >= 4 is 12.0 Å². The molecule has 1 aromatic carbocycles. The molecule has 1 unspecified atom stereocenters. The van der Waals surface area contributed by atoms with E-state index in [-0.39, 0.29) is 12.4 Å². The van der Waals surface area contributed by atoms with Crippen molar-refractivity contribution in [2.24, 2.45) is 0 Å². The van der Waals surface area contributed by atoms with Crippen LogP contribution >= 0.6 is 0 Å². The van der Waals surface area contributed by atoms with Gasteiger partial charge in [0.15, 0.2) is 0 Å². The molecule has 7 nitrogen and oxygen atoms in total. The average Bonchev–Trinajstić information content (AvgIpc) is 3.07. The summed E-state index contributed by atoms with van der Waals surface area (Å²) in [5.74, 6) is -0.923. The van der Waals surface area contributed by atoms with E-state index in [1.165, 1.54) is 19.2 Å². The molecule has 0 aliphatic carbocycles. The summed E-state index contributed by atoms with van der Waals surface area (Å²) in [5, 5.41) is 2.52. The van der Waals surface area contributed by atoms with Crippen LogP contribution in [0.3, 0.4) is 0 Å². The number of hydrogen-bond acceptors (Lipinski definition) is 4. The Hall–Kier alpha value is -2.90. The number of methoxy groups -OCH3 is 1. The number of imidazole rings is 1. The predicted molar refractivity (Wildman–Crippen MR) is 82.7 cm³/mol. The van der Waals surface area contributed by atoms with Gasteiger partial charge in [0.05, 0.1) is 19.1 Å². The van der Waals surface area contributed by atoms with Gasteiger partial charge < -0.3 is 19.9 Å². The Morgan fingerprint density at radius 1 is 1.50 bits per heavy atom. The molecule has 1 aliphatic rings. The highest BCUT2D eigenvalue weighted by Crippen LogP contribution is 2.33. The second-order valence-corrected chi connectivity index (χ2v) is 5.40. The van der Waals surface area contributed by atoms with Crippen LogP contribution < -0.4 is 5.32 Å². The summed E-state index contributed by atoms with van der Waals surface area (Å²) in [6, 6.07) is 5.12. The summed E-state index contributed by atoms with van der Waals surface area (Å²) < 4.78 is 18.2. The molecule has 2 aromatic rings. The Labute approximate surface area is 137 Å². The number of aromatic amines is 1. The molecular weight excluding hydrogens is 315 g/mol. The molecule has 3 rings (SSSR count). The highest BCUT2D eigenvalue weighted by atomic mass is 19.1. The standard InChI is InChI=1S/C16H17FN4O3/c1-24-13(22)8-18-16(23)21-6-5-12-14(20-9-19-12)15(21)10-3-2-4-11(17)7-10/h2-4,7,9,15H,5-6,8H2,1H3,(H,18,23)(H,19,20). The Balaban J connectivity index is 1.90. The van der Waals surface area contributed by atoms with E-state index in [4.69, 9.17) is 0 Å². The molecule has 8 heteroatoms. The first-order chi connectivity index (χ1) is 11.6. The first-order valence-corrected chi connectivity index (χ1v) is 7.49. The lowest BCUT2D eigenvalue weighted by Crippen LogP contribution is -2.47. The van der Waals surface area contributed by atoms with Gasteiger partial charge in [-0.15, -0.1) is 0 Å². The SMILES string of the molecule is COC(=O)CNC(=O)N1CCc2[nH]cnc2C1c1cccc(F)c1. The lowest BCUT2D eigenvalue weighted by molar-refractivity contribution is -0.139. The number of ether oxygens (including phenoxy) is 1. The van der Waals surface area contributed by atoms with E-state index in [1.807, 2.05) is 0 Å². The summed E-state index contributed by atoms with van der Waals surface area (Å²) in [6.45, 7) is 0.193. The molecule has 2 N–H and O–H groups in total. The van der Waals surface area contributed by atoms with E-state index in [2.05, 4.69) is 20.0 Å². The number of nitrogens with one attached hydrogen (secondary N) is 2. The van der Waals surface area contributed by atoms with Crippen LogP contribution in [0.25, 0.3) is 0 Å². The minimum atomic E-state index is -0.539. The average molecular weight is 332 g/mol. The molecule has 0 radical (unpaired) electrons. The number of hydrogen-bond donors (Lipinski definition) is 2. The minimum absolute atomic E-state index is 0.227. The Morgan fingerprint density at radius 3 is 3.08 bits per heavy atom. The van der Waals surface area contributed by atoms with Gasteiger partial charge in [0.1, 0.15) is 18.4 Å². The van der Waals surface area contributed by atoms with Gasteiger partial charge in [-0.1, -0.05) is 12.1 Å². The molecule has 2 amide bonds. The number of carbonyl (C=O) groups is 2. The Kier molecular flexibility index (Phi) is 4.45. The van der Waals surface area contributed by atoms with Gasteiger partial charge in [-0.2, -0.15) is 0 Å². The van der Waals surface area contributed by atoms with Crippen LogP contribution in [0.5, 0.6) is 0 Å². The number of H-pyrrole nitrogens is 1. The van der Waals surface area contributed by atoms with E-state index in [0.29, 0.717) is 24.2 Å². The van der Waals surface area contributed by atoms with Crippen molar-refractivity contribution in [2.75, 3.05) is 20.2 Å². The van der Waals surface area contributed by atoms with Gasteiger partial charge in [0.2, 0.25) is 0 Å². The molecule has 24 heavy (non-hydrogen) atoms. The van der Waals surface area contributed by atoms with Crippen LogP contribution in [-0.2, 0) is 16.0 Å². The summed E-state index contributed by atoms with van der Waals surface area (Å²) in [5.41, 5.74) is 2.22. The first kappa shape index (κ1) is 16.0. The fraction of sp³-hybridized carbons (Fsp3) is 0.312. The highest BCUT2D eigenvalue weighted by molar-refractivity contribution is 5.81. The van der Waals surface area contributed by atoms with Crippen LogP contribution in [0, 0.1) is 5.82 Å². The summed E-state index contributed by atoms with van der Waals surface area (Å²) in [4.78, 5) is 32.6. The number of nitrogens with zero attached hydrogens (tertiary/aromatic N) is 2. The van der Waals surface area contributed by atoms with Crippen LogP contribution in [0.2, 0.25) is 0 Å². The van der Waals surface area contributed by atoms with Crippen LogP contribution in [-0.4, -0.2) is 47.1 Å². The second kappa shape index (κ2) is 6.69. The van der Waals surface area contributed by atoms with Crippen LogP contribution in [0.4, 0.5) is 9.18 Å². The second-order valence-electron chi connectivity index (χ2n) is 5.40. The van der Waals surface area contributed by atoms with E-state index < -0.39 is 18.0 Å². The number of rotatable bonds is 3. The van der Waals surface area contributed by atoms with Crippen molar-refractivity contribution in [3.8, 4) is 0 Å². The zero-order valence-corrected chi connectivity index (χ0v) is 13.1. The number of carbonyl (C=O) groups excluding carboxylic acids is 2. The van der Waals surface area contributed by atoms with Gasteiger partial charge in [-0.25, -0.2) is 14.2 Å². The number of halogens is 1. The normalized spacial score (nSPS) is 16.4. The molecule has 1 aromatic heterocycles. The van der Waals surface area contributed by atoms with Crippen molar-refractivity contribution in [3.63, 3.8) is 0 Å². The van der Waals surface area contributed by atoms with Crippen LogP contribution in [0.15, 0.2) is 30.6 Å². The molecule has 0 fully saturated rings. The number of fused-ring (bicyclic) bond motifs is 1. The van der Waals surface area contributed by atoms with Crippen molar-refractivity contribution in [3.05, 3.63) is 53.4 Å². The third kappa shape index (κ3) is 3.08. The fourth-order valence-electron chi connectivity index (χ4n) is 2.83. The minimum Gasteiger partial charge on any atom is -0.468 e. The predicted octanol–water partition coefficient (Wildman–Crippen LogP) is 1.38. The van der Waals surface area contributed by atoms with Gasteiger partial charge in [0.25, 0.3) is 0 Å². The number of esters is 1. The molecule has 1 aliphatic heterocycles. The number of urea groups is 1. The van der Waals surface area contributed by atoms with Crippen molar-refractivity contribution in [1.82, 2.24) is 20.2 Å². The monoisotopic (exact) mass is 332 g/mol. The fourth-order valence-corrected chi connectivity index (χ4v) is 2.83. The maximum atomic E-state index is 13.6. The van der Waals surface area contributed by atoms with Gasteiger partial charge in [-0.3, -0.25) is 4.79 Å². The molecule has 2 heterocycles. The van der Waals surface area contributed by atoms with Crippen molar-refractivity contribution in [2.45, 2.75) is 12.5 Å². The largest absolute Gasteiger partial charge is 0.468 e. The molecule has 0 saturated carbocycles. The topological polar surface area (TPSA) is 87.3 Å². The zero-order chi connectivity index (χ0) is 17.1. The molecular formula is C16H17FN4O3. The zero-order valence-electron chi connectivity index (χ0n) is 13.1. The van der Waals surface area contributed by atoms with E-state index in [1.54, 1.807) is 23.4 Å². The Bertz CT molecular complexity index is 761. The summed E-state index contributed by atoms with van der Waals surface area (Å²) in [6.07, 6.45) is 2.17. The highest BCUT2D eigenvalue weighted by Gasteiger charge is 2.34. The van der Waals surface area contributed by atoms with Crippen LogP contribution in [0.1, 0.15) is 23.0 Å². The van der Waals surface area contributed by atoms with Crippen molar-refractivity contribution in [1.29, 1.82) is 0 Å². The third-order valence-electron chi connectivity index (χ3n) is 3.96. The molecule has 1 atom stereocenters. The first-order valence-electron chi connectivity index (χ1n) is 7.49. The Morgan fingerprint density at radius 2 is 2.33 bits per heavy atom. The maximum Gasteiger partial charge on any atom is 0.325 e. The molecule has 0 bridgehead atoms. The maximum absolute atomic E-state index is 13.6. The lowest BCUT2D eigenvalue weighted by atomic mass is 9.96. The number of benzene rings is 1. The van der Waals surface area contributed by atoms with E-state index in [0.717, 1.165) is 5.69 Å². The summed E-state index contributed by atoms with van der Waals surface area (Å²) in [7, 11) is 1.25. The molecule has 0 saturated heterocycles.